The summed E-state index contributed by atoms with van der Waals surface area (Å²) >= 11 is 1.35. The number of hydrogen-bond acceptors (Lipinski definition) is 5. The number of amides is 1. The fraction of sp³-hybridized carbons (Fsp3) is 0.333. The fourth-order valence-corrected chi connectivity index (χ4v) is 4.25. The fourth-order valence-electron chi connectivity index (χ4n) is 3.15. The van der Waals surface area contributed by atoms with E-state index in [1.165, 1.54) is 23.5 Å². The molecule has 0 spiro atoms. The van der Waals surface area contributed by atoms with Crippen molar-refractivity contribution in [3.63, 3.8) is 0 Å². The Morgan fingerprint density at radius 2 is 2.15 bits per heavy atom. The van der Waals surface area contributed by atoms with Crippen molar-refractivity contribution in [2.75, 3.05) is 19.6 Å². The quantitative estimate of drug-likeness (QED) is 0.616. The highest BCUT2D eigenvalue weighted by molar-refractivity contribution is 7.20. The van der Waals surface area contributed by atoms with Crippen LogP contribution in [-0.2, 0) is 0 Å². The van der Waals surface area contributed by atoms with Crippen molar-refractivity contribution in [2.45, 2.75) is 13.0 Å². The number of carbonyl (C=O) groups is 1. The Morgan fingerprint density at radius 3 is 2.81 bits per heavy atom. The Kier molecular flexibility index (Phi) is 5.81. The van der Waals surface area contributed by atoms with E-state index in [1.54, 1.807) is 16.8 Å². The number of aliphatic hydroxyl groups is 1. The highest BCUT2D eigenvalue weighted by atomic mass is 35.5. The van der Waals surface area contributed by atoms with Crippen LogP contribution in [0.5, 0.6) is 0 Å². The van der Waals surface area contributed by atoms with Crippen LogP contribution >= 0.6 is 23.7 Å². The zero-order valence-electron chi connectivity index (χ0n) is 14.6. The Bertz CT molecular complexity index is 956. The number of rotatable bonds is 4. The van der Waals surface area contributed by atoms with Crippen LogP contribution in [0, 0.1) is 18.7 Å². The maximum absolute atomic E-state index is 13.2. The molecule has 0 radical (unpaired) electrons. The third-order valence-electron chi connectivity index (χ3n) is 4.67. The second-order valence-corrected chi connectivity index (χ2v) is 7.53. The molecule has 0 aliphatic carbocycles. The van der Waals surface area contributed by atoms with E-state index in [-0.39, 0.29) is 30.0 Å². The van der Waals surface area contributed by atoms with Crippen LogP contribution in [0.25, 0.3) is 15.9 Å². The molecule has 4 rings (SSSR count). The molecule has 27 heavy (non-hydrogen) atoms. The summed E-state index contributed by atoms with van der Waals surface area (Å²) in [5, 5.41) is 21.2. The molecule has 0 saturated carbocycles. The van der Waals surface area contributed by atoms with Crippen LogP contribution in [0.2, 0.25) is 0 Å². The van der Waals surface area contributed by atoms with E-state index in [4.69, 9.17) is 0 Å². The lowest BCUT2D eigenvalue weighted by molar-refractivity contribution is 0.0931. The van der Waals surface area contributed by atoms with Crippen molar-refractivity contribution < 1.29 is 14.3 Å². The largest absolute Gasteiger partial charge is 0.391 e. The van der Waals surface area contributed by atoms with Crippen LogP contribution < -0.4 is 10.6 Å². The summed E-state index contributed by atoms with van der Waals surface area (Å²) in [6, 6.07) is 7.94. The number of aromatic nitrogens is 2. The number of aryl methyl sites for hydroxylation is 1. The molecule has 3 N–H and O–H groups in total. The number of aliphatic hydroxyl groups excluding tert-OH is 1. The summed E-state index contributed by atoms with van der Waals surface area (Å²) in [5.41, 5.74) is 1.56. The number of β-amino-alcohol motifs (C(OH)–C–C–N with tert-alkyl or cyclic N) is 1. The summed E-state index contributed by atoms with van der Waals surface area (Å²) in [7, 11) is 0. The predicted molar refractivity (Wildman–Crippen MR) is 106 cm³/mol. The molecule has 3 heterocycles. The van der Waals surface area contributed by atoms with Crippen LogP contribution in [0.1, 0.15) is 15.4 Å². The monoisotopic (exact) mass is 410 g/mol. The van der Waals surface area contributed by atoms with Gasteiger partial charge >= 0.3 is 0 Å². The lowest BCUT2D eigenvalue weighted by Crippen LogP contribution is -2.34. The molecule has 9 heteroatoms. The molecule has 1 aliphatic heterocycles. The van der Waals surface area contributed by atoms with Gasteiger partial charge in [0.05, 0.1) is 22.4 Å². The number of nitrogens with one attached hydrogen (secondary N) is 2. The van der Waals surface area contributed by atoms with Crippen molar-refractivity contribution in [1.29, 1.82) is 0 Å². The lowest BCUT2D eigenvalue weighted by Gasteiger charge is -2.13. The van der Waals surface area contributed by atoms with Gasteiger partial charge in [-0.05, 0) is 37.3 Å². The minimum absolute atomic E-state index is 0. The number of nitrogens with zero attached hydrogens (tertiary/aromatic N) is 2. The van der Waals surface area contributed by atoms with Crippen LogP contribution in [0.15, 0.2) is 30.3 Å². The zero-order chi connectivity index (χ0) is 18.3. The summed E-state index contributed by atoms with van der Waals surface area (Å²) in [5.74, 6) is -0.427. The van der Waals surface area contributed by atoms with Gasteiger partial charge < -0.3 is 15.7 Å². The molecule has 1 saturated heterocycles. The number of thiophene rings is 1. The maximum Gasteiger partial charge on any atom is 0.261 e. The third-order valence-corrected chi connectivity index (χ3v) is 5.78. The van der Waals surface area contributed by atoms with Gasteiger partial charge in [-0.25, -0.2) is 9.07 Å². The van der Waals surface area contributed by atoms with Crippen LogP contribution in [-0.4, -0.2) is 46.5 Å². The van der Waals surface area contributed by atoms with E-state index in [1.807, 2.05) is 13.0 Å². The van der Waals surface area contributed by atoms with Crippen molar-refractivity contribution in [2.24, 2.45) is 5.92 Å². The summed E-state index contributed by atoms with van der Waals surface area (Å²) < 4.78 is 14.9. The average Bonchev–Trinajstić information content (AvgIpc) is 3.31. The van der Waals surface area contributed by atoms with Gasteiger partial charge in [0.2, 0.25) is 0 Å². The molecule has 1 amide bonds. The van der Waals surface area contributed by atoms with Gasteiger partial charge in [0.25, 0.3) is 5.91 Å². The molecule has 3 aromatic rings. The van der Waals surface area contributed by atoms with Gasteiger partial charge in [-0.2, -0.15) is 5.10 Å². The first-order chi connectivity index (χ1) is 12.5. The lowest BCUT2D eigenvalue weighted by atomic mass is 10.1. The van der Waals surface area contributed by atoms with E-state index in [9.17, 15) is 14.3 Å². The Labute approximate surface area is 165 Å². The van der Waals surface area contributed by atoms with Gasteiger partial charge in [-0.15, -0.1) is 23.7 Å². The van der Waals surface area contributed by atoms with Crippen molar-refractivity contribution in [3.05, 3.63) is 46.7 Å². The number of halogens is 2. The first-order valence-electron chi connectivity index (χ1n) is 8.45. The topological polar surface area (TPSA) is 79.2 Å². The summed E-state index contributed by atoms with van der Waals surface area (Å²) in [6.45, 7) is 3.59. The number of carbonyl (C=O) groups excluding carboxylic acids is 1. The standard InChI is InChI=1S/C18H19FN4O2S.ClH/c1-10-14-6-16(17(25)21-8-11-7-20-9-15(11)24)26-18(14)23(22-10)13-4-2-12(19)3-5-13;/h2-6,11,15,20,24H,7-9H2,1H3,(H,21,25);1H. The molecule has 2 aromatic heterocycles. The maximum atomic E-state index is 13.2. The first-order valence-corrected chi connectivity index (χ1v) is 9.26. The van der Waals surface area contributed by atoms with Gasteiger partial charge in [0, 0.05) is 30.9 Å². The highest BCUT2D eigenvalue weighted by Gasteiger charge is 2.25. The van der Waals surface area contributed by atoms with E-state index < -0.39 is 6.10 Å². The van der Waals surface area contributed by atoms with Crippen LogP contribution in [0.4, 0.5) is 4.39 Å². The molecular formula is C18H20ClFN4O2S. The van der Waals surface area contributed by atoms with Gasteiger partial charge in [0.1, 0.15) is 10.6 Å². The van der Waals surface area contributed by atoms with E-state index in [0.717, 1.165) is 21.6 Å². The molecule has 1 aromatic carbocycles. The van der Waals surface area contributed by atoms with Crippen LogP contribution in [0.3, 0.4) is 0 Å². The highest BCUT2D eigenvalue weighted by Crippen LogP contribution is 2.30. The smallest absolute Gasteiger partial charge is 0.261 e. The molecule has 144 valence electrons. The number of benzene rings is 1. The molecule has 1 fully saturated rings. The normalized spacial score (nSPS) is 19.2. The Balaban J connectivity index is 0.00000210. The average molecular weight is 411 g/mol. The van der Waals surface area contributed by atoms with E-state index in [0.29, 0.717) is 24.5 Å². The molecule has 2 atom stereocenters. The van der Waals surface area contributed by atoms with Gasteiger partial charge in [0.15, 0.2) is 0 Å². The second-order valence-electron chi connectivity index (χ2n) is 6.50. The predicted octanol–water partition coefficient (Wildman–Crippen LogP) is 2.27. The third kappa shape index (κ3) is 3.84. The summed E-state index contributed by atoms with van der Waals surface area (Å²) in [4.78, 5) is 13.9. The molecule has 1 aliphatic rings. The van der Waals surface area contributed by atoms with Crippen molar-refractivity contribution in [3.8, 4) is 5.69 Å². The minimum atomic E-state index is -0.424. The van der Waals surface area contributed by atoms with E-state index >= 15 is 0 Å². The molecule has 0 bridgehead atoms. The first kappa shape index (κ1) is 19.8. The Hall–Kier alpha value is -2.00. The van der Waals surface area contributed by atoms with Crippen molar-refractivity contribution in [1.82, 2.24) is 20.4 Å². The van der Waals surface area contributed by atoms with Gasteiger partial charge in [-0.3, -0.25) is 4.79 Å². The zero-order valence-corrected chi connectivity index (χ0v) is 16.2. The molecular weight excluding hydrogens is 391 g/mol. The summed E-state index contributed by atoms with van der Waals surface area (Å²) in [6.07, 6.45) is -0.424. The van der Waals surface area contributed by atoms with E-state index in [2.05, 4.69) is 15.7 Å². The SMILES string of the molecule is Cc1nn(-c2ccc(F)cc2)c2sc(C(=O)NCC3CNCC3O)cc12.Cl. The van der Waals surface area contributed by atoms with Gasteiger partial charge in [-0.1, -0.05) is 0 Å². The van der Waals surface area contributed by atoms with Crippen molar-refractivity contribution >= 4 is 39.9 Å². The number of hydrogen-bond donors (Lipinski definition) is 3. The minimum Gasteiger partial charge on any atom is -0.391 e. The number of fused-ring (bicyclic) bond motifs is 1. The molecule has 6 nitrogen and oxygen atoms in total. The Morgan fingerprint density at radius 1 is 1.41 bits per heavy atom. The second kappa shape index (κ2) is 7.93. The molecule has 2 unspecified atom stereocenters.